The molecule has 19 heavy (non-hydrogen) atoms. The summed E-state index contributed by atoms with van der Waals surface area (Å²) in [5.41, 5.74) is 7.77. The van der Waals surface area contributed by atoms with Gasteiger partial charge in [0.15, 0.2) is 0 Å². The van der Waals surface area contributed by atoms with E-state index in [0.717, 1.165) is 12.0 Å². The van der Waals surface area contributed by atoms with Gasteiger partial charge in [-0.3, -0.25) is 0 Å². The molecule has 0 spiro atoms. The zero-order chi connectivity index (χ0) is 14.3. The third kappa shape index (κ3) is 5.75. The zero-order valence-corrected chi connectivity index (χ0v) is 11.9. The minimum atomic E-state index is -0.337. The highest BCUT2D eigenvalue weighted by atomic mass is 16.6. The van der Waals surface area contributed by atoms with Crippen LogP contribution in [0.5, 0.6) is 0 Å². The highest BCUT2D eigenvalue weighted by molar-refractivity contribution is 5.90. The van der Waals surface area contributed by atoms with Crippen LogP contribution >= 0.6 is 0 Å². The van der Waals surface area contributed by atoms with Crippen LogP contribution in [0.2, 0.25) is 0 Å². The number of ether oxygens (including phenoxy) is 2. The van der Waals surface area contributed by atoms with E-state index in [-0.39, 0.29) is 12.6 Å². The van der Waals surface area contributed by atoms with E-state index in [0.29, 0.717) is 30.4 Å². The van der Waals surface area contributed by atoms with Crippen LogP contribution in [-0.4, -0.2) is 25.8 Å². The highest BCUT2D eigenvalue weighted by Gasteiger charge is 2.08. The summed E-state index contributed by atoms with van der Waals surface area (Å²) in [4.78, 5) is 11.7. The van der Waals surface area contributed by atoms with Crippen LogP contribution in [0, 0.1) is 12.8 Å². The second kappa shape index (κ2) is 7.79. The van der Waals surface area contributed by atoms with Gasteiger partial charge in [-0.1, -0.05) is 13.8 Å². The van der Waals surface area contributed by atoms with Crippen LogP contribution in [0.25, 0.3) is 0 Å². The summed E-state index contributed by atoms with van der Waals surface area (Å²) < 4.78 is 10.5. The van der Waals surface area contributed by atoms with Gasteiger partial charge in [-0.05, 0) is 43.0 Å². The Morgan fingerprint density at radius 2 is 2.00 bits per heavy atom. The third-order valence-electron chi connectivity index (χ3n) is 2.81. The van der Waals surface area contributed by atoms with E-state index >= 15 is 0 Å². The quantitative estimate of drug-likeness (QED) is 0.468. The molecule has 0 atom stereocenters. The van der Waals surface area contributed by atoms with Crippen molar-refractivity contribution < 1.29 is 14.3 Å². The number of benzene rings is 1. The SMILES string of the molecule is Cc1cc(C(=O)OCCOCCC(C)C)ccc1N. The second-order valence-corrected chi connectivity index (χ2v) is 5.00. The molecule has 0 radical (unpaired) electrons. The monoisotopic (exact) mass is 265 g/mol. The Kier molecular flexibility index (Phi) is 6.36. The largest absolute Gasteiger partial charge is 0.460 e. The van der Waals surface area contributed by atoms with E-state index < -0.39 is 0 Å². The van der Waals surface area contributed by atoms with Gasteiger partial charge in [0.25, 0.3) is 0 Å². The zero-order valence-electron chi connectivity index (χ0n) is 11.9. The van der Waals surface area contributed by atoms with Crippen molar-refractivity contribution in [1.29, 1.82) is 0 Å². The number of carbonyl (C=O) groups is 1. The Labute approximate surface area is 114 Å². The molecule has 0 aromatic heterocycles. The Morgan fingerprint density at radius 3 is 2.63 bits per heavy atom. The Balaban J connectivity index is 2.26. The number of nitrogens with two attached hydrogens (primary N) is 1. The van der Waals surface area contributed by atoms with E-state index in [1.807, 2.05) is 6.92 Å². The van der Waals surface area contributed by atoms with Crippen LogP contribution in [-0.2, 0) is 9.47 Å². The predicted octanol–water partition coefficient (Wildman–Crippen LogP) is 2.80. The number of hydrogen-bond donors (Lipinski definition) is 1. The third-order valence-corrected chi connectivity index (χ3v) is 2.81. The van der Waals surface area contributed by atoms with E-state index in [9.17, 15) is 4.79 Å². The lowest BCUT2D eigenvalue weighted by Crippen LogP contribution is -2.12. The van der Waals surface area contributed by atoms with Crippen LogP contribution in [0.1, 0.15) is 36.2 Å². The number of rotatable bonds is 7. The lowest BCUT2D eigenvalue weighted by atomic mass is 10.1. The molecule has 0 heterocycles. The fraction of sp³-hybridized carbons (Fsp3) is 0.533. The van der Waals surface area contributed by atoms with E-state index in [1.165, 1.54) is 0 Å². The molecule has 0 saturated carbocycles. The Hall–Kier alpha value is -1.55. The lowest BCUT2D eigenvalue weighted by Gasteiger charge is -2.08. The smallest absolute Gasteiger partial charge is 0.338 e. The van der Waals surface area contributed by atoms with Crippen LogP contribution in [0.4, 0.5) is 5.69 Å². The van der Waals surface area contributed by atoms with Crippen molar-refractivity contribution in [2.45, 2.75) is 27.2 Å². The van der Waals surface area contributed by atoms with E-state index in [1.54, 1.807) is 18.2 Å². The molecular weight excluding hydrogens is 242 g/mol. The summed E-state index contributed by atoms with van der Waals surface area (Å²) in [6, 6.07) is 5.12. The molecule has 1 aromatic carbocycles. The van der Waals surface area contributed by atoms with Crippen molar-refractivity contribution >= 4 is 11.7 Å². The molecule has 1 rings (SSSR count). The molecule has 2 N–H and O–H groups in total. The molecule has 106 valence electrons. The molecule has 0 saturated heterocycles. The summed E-state index contributed by atoms with van der Waals surface area (Å²) in [5, 5.41) is 0. The first-order valence-electron chi connectivity index (χ1n) is 6.61. The second-order valence-electron chi connectivity index (χ2n) is 5.00. The molecule has 0 fully saturated rings. The van der Waals surface area contributed by atoms with Crippen molar-refractivity contribution in [3.05, 3.63) is 29.3 Å². The van der Waals surface area contributed by atoms with E-state index in [4.69, 9.17) is 15.2 Å². The van der Waals surface area contributed by atoms with Crippen LogP contribution in [0.3, 0.4) is 0 Å². The molecule has 1 aromatic rings. The molecule has 0 amide bonds. The molecule has 0 bridgehead atoms. The van der Waals surface area contributed by atoms with Gasteiger partial charge < -0.3 is 15.2 Å². The van der Waals surface area contributed by atoms with Gasteiger partial charge in [0.05, 0.1) is 12.2 Å². The molecule has 0 aliphatic carbocycles. The fourth-order valence-corrected chi connectivity index (χ4v) is 1.50. The fourth-order valence-electron chi connectivity index (χ4n) is 1.50. The lowest BCUT2D eigenvalue weighted by molar-refractivity contribution is 0.0303. The van der Waals surface area contributed by atoms with Gasteiger partial charge in [-0.2, -0.15) is 0 Å². The number of aryl methyl sites for hydroxylation is 1. The molecular formula is C15H23NO3. The van der Waals surface area contributed by atoms with Crippen LogP contribution in [0.15, 0.2) is 18.2 Å². The van der Waals surface area contributed by atoms with Crippen molar-refractivity contribution in [2.75, 3.05) is 25.6 Å². The number of hydrogen-bond acceptors (Lipinski definition) is 4. The normalized spacial score (nSPS) is 10.7. The maximum Gasteiger partial charge on any atom is 0.338 e. The number of nitrogen functional groups attached to an aromatic ring is 1. The molecule has 0 unspecified atom stereocenters. The van der Waals surface area contributed by atoms with Crippen molar-refractivity contribution in [3.8, 4) is 0 Å². The Bertz CT molecular complexity index is 416. The van der Waals surface area contributed by atoms with Crippen molar-refractivity contribution in [3.63, 3.8) is 0 Å². The predicted molar refractivity (Wildman–Crippen MR) is 76.1 cm³/mol. The topological polar surface area (TPSA) is 61.5 Å². The first-order chi connectivity index (χ1) is 9.00. The number of anilines is 1. The van der Waals surface area contributed by atoms with Gasteiger partial charge in [0, 0.05) is 12.3 Å². The average molecular weight is 265 g/mol. The highest BCUT2D eigenvalue weighted by Crippen LogP contribution is 2.13. The standard InChI is InChI=1S/C15H23NO3/c1-11(2)6-7-18-8-9-19-15(17)13-4-5-14(16)12(3)10-13/h4-5,10-11H,6-9,16H2,1-3H3. The van der Waals surface area contributed by atoms with Gasteiger partial charge in [0.1, 0.15) is 6.61 Å². The average Bonchev–Trinajstić information content (AvgIpc) is 2.36. The van der Waals surface area contributed by atoms with Crippen LogP contribution < -0.4 is 5.73 Å². The number of carbonyl (C=O) groups excluding carboxylic acids is 1. The molecule has 4 heteroatoms. The first-order valence-corrected chi connectivity index (χ1v) is 6.61. The molecule has 4 nitrogen and oxygen atoms in total. The molecule has 0 aliphatic rings. The Morgan fingerprint density at radius 1 is 1.26 bits per heavy atom. The van der Waals surface area contributed by atoms with Gasteiger partial charge >= 0.3 is 5.97 Å². The summed E-state index contributed by atoms with van der Waals surface area (Å²) >= 11 is 0. The van der Waals surface area contributed by atoms with Gasteiger partial charge in [0.2, 0.25) is 0 Å². The first kappa shape index (κ1) is 15.5. The van der Waals surface area contributed by atoms with Crippen molar-refractivity contribution in [1.82, 2.24) is 0 Å². The summed E-state index contributed by atoms with van der Waals surface area (Å²) in [7, 11) is 0. The van der Waals surface area contributed by atoms with E-state index in [2.05, 4.69) is 13.8 Å². The minimum Gasteiger partial charge on any atom is -0.460 e. The summed E-state index contributed by atoms with van der Waals surface area (Å²) in [6.07, 6.45) is 1.02. The minimum absolute atomic E-state index is 0.278. The molecule has 0 aliphatic heterocycles. The van der Waals surface area contributed by atoms with Gasteiger partial charge in [-0.15, -0.1) is 0 Å². The van der Waals surface area contributed by atoms with Crippen molar-refractivity contribution in [2.24, 2.45) is 5.92 Å². The number of esters is 1. The summed E-state index contributed by atoms with van der Waals surface area (Å²) in [6.45, 7) is 7.57. The maximum absolute atomic E-state index is 11.7. The van der Waals surface area contributed by atoms with Gasteiger partial charge in [-0.25, -0.2) is 4.79 Å². The summed E-state index contributed by atoms with van der Waals surface area (Å²) in [5.74, 6) is 0.288. The maximum atomic E-state index is 11.7.